The molecule has 0 aliphatic rings. The molecule has 0 aliphatic carbocycles. The third kappa shape index (κ3) is 2.66. The molecule has 1 aromatic heterocycles. The molecule has 0 amide bonds. The van der Waals surface area contributed by atoms with Gasteiger partial charge in [0.05, 0.1) is 5.02 Å². The van der Waals surface area contributed by atoms with Crippen LogP contribution in [0.1, 0.15) is 40.5 Å². The Morgan fingerprint density at radius 2 is 1.76 bits per heavy atom. The predicted octanol–water partition coefficient (Wildman–Crippen LogP) is 4.26. The van der Waals surface area contributed by atoms with Crippen molar-refractivity contribution in [1.29, 1.82) is 0 Å². The molecule has 4 nitrogen and oxygen atoms in total. The highest BCUT2D eigenvalue weighted by Crippen LogP contribution is 2.38. The van der Waals surface area contributed by atoms with Gasteiger partial charge in [-0.1, -0.05) is 32.4 Å². The van der Waals surface area contributed by atoms with Gasteiger partial charge in [-0.2, -0.15) is 0 Å². The van der Waals surface area contributed by atoms with E-state index >= 15 is 0 Å². The van der Waals surface area contributed by atoms with Crippen LogP contribution in [0.4, 0.5) is 4.39 Å². The monoisotopic (exact) mass is 333 g/mol. The summed E-state index contributed by atoms with van der Waals surface area (Å²) < 4.78 is 44.5. The fourth-order valence-electron chi connectivity index (χ4n) is 1.76. The Morgan fingerprint density at radius 3 is 2.24 bits per heavy atom. The molecule has 2 rings (SSSR count). The highest BCUT2D eigenvalue weighted by molar-refractivity contribution is 7.93. The first-order chi connectivity index (χ1) is 9.35. The van der Waals surface area contributed by atoms with Gasteiger partial charge in [0.25, 0.3) is 0 Å². The summed E-state index contributed by atoms with van der Waals surface area (Å²) >= 11 is 5.98. The molecule has 21 heavy (non-hydrogen) atoms. The van der Waals surface area contributed by atoms with E-state index in [0.29, 0.717) is 11.4 Å². The molecule has 0 fully saturated rings. The van der Waals surface area contributed by atoms with Crippen LogP contribution in [0, 0.1) is 0 Å². The lowest BCUT2D eigenvalue weighted by Gasteiger charge is -2.16. The number of sulfone groups is 1. The first kappa shape index (κ1) is 16.2. The molecule has 0 spiro atoms. The van der Waals surface area contributed by atoms with Crippen LogP contribution in [0.25, 0.3) is 11.1 Å². The van der Waals surface area contributed by atoms with Gasteiger partial charge in [0, 0.05) is 5.41 Å². The molecule has 0 aliphatic heterocycles. The Morgan fingerprint density at radius 1 is 1.19 bits per heavy atom. The average Bonchev–Trinajstić information content (AvgIpc) is 2.69. The first-order valence-electron chi connectivity index (χ1n) is 6.39. The van der Waals surface area contributed by atoms with E-state index in [1.165, 1.54) is 6.07 Å². The van der Waals surface area contributed by atoms with Crippen molar-refractivity contribution in [3.8, 4) is 0 Å². The van der Waals surface area contributed by atoms with E-state index in [-0.39, 0.29) is 15.5 Å². The molecule has 0 bridgehead atoms. The Hall–Kier alpha value is -1.14. The second-order valence-electron chi connectivity index (χ2n) is 6.36. The minimum Gasteiger partial charge on any atom is -0.439 e. The second-order valence-corrected chi connectivity index (χ2v) is 9.15. The summed E-state index contributed by atoms with van der Waals surface area (Å²) in [7, 11) is -4.30. The van der Waals surface area contributed by atoms with E-state index in [0.717, 1.165) is 13.8 Å². The molecule has 7 heteroatoms. The average molecular weight is 334 g/mol. The third-order valence-electron chi connectivity index (χ3n) is 3.01. The third-order valence-corrected chi connectivity index (χ3v) is 5.66. The van der Waals surface area contributed by atoms with Crippen molar-refractivity contribution in [1.82, 2.24) is 4.98 Å². The van der Waals surface area contributed by atoms with Crippen molar-refractivity contribution in [3.63, 3.8) is 0 Å². The van der Waals surface area contributed by atoms with E-state index in [1.54, 1.807) is 6.07 Å². The molecule has 0 saturated carbocycles. The maximum absolute atomic E-state index is 14.1. The minimum absolute atomic E-state index is 0.00171. The van der Waals surface area contributed by atoms with Gasteiger partial charge in [0.1, 0.15) is 10.4 Å². The van der Waals surface area contributed by atoms with Gasteiger partial charge in [-0.05, 0) is 26.0 Å². The van der Waals surface area contributed by atoms with Crippen LogP contribution in [-0.2, 0) is 15.3 Å². The number of rotatable bonds is 2. The van der Waals surface area contributed by atoms with E-state index in [4.69, 9.17) is 16.0 Å². The smallest absolute Gasteiger partial charge is 0.217 e. The molecule has 116 valence electrons. The summed E-state index contributed by atoms with van der Waals surface area (Å²) in [4.78, 5) is 3.92. The summed E-state index contributed by atoms with van der Waals surface area (Å²) in [6.07, 6.45) is 0. The standard InChI is InChI=1S/C14H17ClFNO3S/c1-13(2,3)12-17-9-7-6-8(15)11(10(9)20-12)21(18,19)14(4,5)16/h6-7H,1-5H3. The molecule has 0 radical (unpaired) electrons. The van der Waals surface area contributed by atoms with Crippen LogP contribution < -0.4 is 0 Å². The van der Waals surface area contributed by atoms with E-state index in [2.05, 4.69) is 4.98 Å². The van der Waals surface area contributed by atoms with Crippen molar-refractivity contribution in [3.05, 3.63) is 23.0 Å². The highest BCUT2D eigenvalue weighted by Gasteiger charge is 2.40. The van der Waals surface area contributed by atoms with Gasteiger partial charge in [0.15, 0.2) is 5.58 Å². The van der Waals surface area contributed by atoms with Crippen LogP contribution in [0.3, 0.4) is 0 Å². The molecule has 1 aromatic carbocycles. The largest absolute Gasteiger partial charge is 0.439 e. The van der Waals surface area contributed by atoms with Gasteiger partial charge in [-0.25, -0.2) is 17.8 Å². The maximum Gasteiger partial charge on any atom is 0.217 e. The highest BCUT2D eigenvalue weighted by atomic mass is 35.5. The second kappa shape index (κ2) is 4.68. The topological polar surface area (TPSA) is 60.2 Å². The molecular formula is C14H17ClFNO3S. The maximum atomic E-state index is 14.1. The van der Waals surface area contributed by atoms with Crippen LogP contribution in [-0.4, -0.2) is 18.4 Å². The molecule has 0 unspecified atom stereocenters. The zero-order valence-electron chi connectivity index (χ0n) is 12.5. The van der Waals surface area contributed by atoms with Crippen LogP contribution in [0.2, 0.25) is 5.02 Å². The van der Waals surface area contributed by atoms with Crippen LogP contribution >= 0.6 is 11.6 Å². The van der Waals surface area contributed by atoms with Gasteiger partial charge in [-0.3, -0.25) is 0 Å². The molecule has 0 atom stereocenters. The van der Waals surface area contributed by atoms with Gasteiger partial charge >= 0.3 is 0 Å². The van der Waals surface area contributed by atoms with Gasteiger partial charge in [-0.15, -0.1) is 0 Å². The minimum atomic E-state index is -4.30. The van der Waals surface area contributed by atoms with Crippen LogP contribution in [0.15, 0.2) is 21.4 Å². The fourth-order valence-corrected chi connectivity index (χ4v) is 3.41. The fraction of sp³-hybridized carbons (Fsp3) is 0.500. The molecule has 2 aromatic rings. The predicted molar refractivity (Wildman–Crippen MR) is 80.1 cm³/mol. The Bertz CT molecular complexity index is 798. The Labute approximate surface area is 128 Å². The lowest BCUT2D eigenvalue weighted by atomic mass is 9.97. The van der Waals surface area contributed by atoms with Crippen molar-refractivity contribution < 1.29 is 17.2 Å². The number of alkyl halides is 1. The number of benzene rings is 1. The number of aromatic nitrogens is 1. The van der Waals surface area contributed by atoms with E-state index in [1.807, 2.05) is 20.8 Å². The first-order valence-corrected chi connectivity index (χ1v) is 8.25. The number of nitrogens with zero attached hydrogens (tertiary/aromatic N) is 1. The quantitative estimate of drug-likeness (QED) is 0.824. The number of hydrogen-bond donors (Lipinski definition) is 0. The zero-order valence-corrected chi connectivity index (χ0v) is 14.1. The number of oxazole rings is 1. The van der Waals surface area contributed by atoms with E-state index in [9.17, 15) is 12.8 Å². The van der Waals surface area contributed by atoms with Crippen molar-refractivity contribution >= 4 is 32.5 Å². The summed E-state index contributed by atoms with van der Waals surface area (Å²) in [5.41, 5.74) is -0.0668. The van der Waals surface area contributed by atoms with Crippen molar-refractivity contribution in [2.24, 2.45) is 0 Å². The summed E-state index contributed by atoms with van der Waals surface area (Å²) in [6.45, 7) is 7.59. The Kier molecular flexibility index (Phi) is 3.62. The number of fused-ring (bicyclic) bond motifs is 1. The summed E-state index contributed by atoms with van der Waals surface area (Å²) in [5.74, 6) is 0.368. The summed E-state index contributed by atoms with van der Waals surface area (Å²) in [5, 5.41) is -2.55. The zero-order chi connectivity index (χ0) is 16.2. The SMILES string of the molecule is CC(C)(C)c1nc2ccc(Cl)c(S(=O)(=O)C(C)(C)F)c2o1. The van der Waals surface area contributed by atoms with Gasteiger partial charge < -0.3 is 4.42 Å². The lowest BCUT2D eigenvalue weighted by molar-refractivity contribution is 0.319. The van der Waals surface area contributed by atoms with Crippen molar-refractivity contribution in [2.75, 3.05) is 0 Å². The molecule has 0 N–H and O–H groups in total. The number of hydrogen-bond acceptors (Lipinski definition) is 4. The Balaban J connectivity index is 2.87. The normalized spacial score (nSPS) is 13.9. The van der Waals surface area contributed by atoms with E-state index < -0.39 is 20.3 Å². The van der Waals surface area contributed by atoms with Crippen LogP contribution in [0.5, 0.6) is 0 Å². The molecular weight excluding hydrogens is 317 g/mol. The lowest BCUT2D eigenvalue weighted by Crippen LogP contribution is -2.26. The molecule has 1 heterocycles. The van der Waals surface area contributed by atoms with Crippen molar-refractivity contribution in [2.45, 2.75) is 49.9 Å². The summed E-state index contributed by atoms with van der Waals surface area (Å²) in [6, 6.07) is 2.94. The number of halogens is 2. The molecule has 0 saturated heterocycles. The van der Waals surface area contributed by atoms with Gasteiger partial charge in [0.2, 0.25) is 20.7 Å².